The molecule has 12 heavy (non-hydrogen) atoms. The summed E-state index contributed by atoms with van der Waals surface area (Å²) in [6, 6.07) is 0. The van der Waals surface area contributed by atoms with Crippen LogP contribution < -0.4 is 86.8 Å². The van der Waals surface area contributed by atoms with E-state index in [-0.39, 0.29) is 109 Å². The summed E-state index contributed by atoms with van der Waals surface area (Å²) < 4.78 is 0. The molecule has 0 aliphatic rings. The zero-order valence-corrected chi connectivity index (χ0v) is 13.5. The molecule has 0 saturated heterocycles. The Kier molecular flexibility index (Phi) is 89.9. The minimum absolute atomic E-state index is 0. The summed E-state index contributed by atoms with van der Waals surface area (Å²) in [5.74, 6) is 0. The van der Waals surface area contributed by atoms with E-state index in [1.807, 2.05) is 0 Å². The average molecular weight is 243 g/mol. The van der Waals surface area contributed by atoms with Crippen molar-refractivity contribution in [1.82, 2.24) is 0 Å². The summed E-state index contributed by atoms with van der Waals surface area (Å²) in [7, 11) is 0. The van der Waals surface area contributed by atoms with E-state index in [1.165, 1.54) is 0 Å². The minimum Gasteiger partial charge on any atom is -1.00 e. The number of hydrogen-bond donors (Lipinski definition) is 1. The molecule has 0 heterocycles. The average Bonchev–Trinajstić information content (AvgIpc) is 1.25. The molecule has 1 N–H and O–H groups in total. The topological polar surface area (TPSA) is 124 Å². The molecule has 10 heteroatoms. The number of carboxylic acid groups (broad SMARTS) is 4. The smallest absolute Gasteiger partial charge is 1.00 e. The van der Waals surface area contributed by atoms with E-state index < -0.39 is 12.3 Å². The van der Waals surface area contributed by atoms with Crippen molar-refractivity contribution in [2.24, 2.45) is 0 Å². The molecule has 0 aliphatic carbocycles. The van der Waals surface area contributed by atoms with Crippen LogP contribution in [0, 0.1) is 0 Å². The summed E-state index contributed by atoms with van der Waals surface area (Å²) >= 11 is 0. The van der Waals surface area contributed by atoms with Crippen LogP contribution in [-0.2, 0) is 0 Å². The first-order valence-corrected chi connectivity index (χ1v) is 1.24. The van der Waals surface area contributed by atoms with E-state index in [2.05, 4.69) is 0 Å². The summed E-state index contributed by atoms with van der Waals surface area (Å²) in [4.78, 5) is 16.8. The van der Waals surface area contributed by atoms with Gasteiger partial charge in [0.25, 0.3) is 0 Å². The fourth-order valence-corrected chi connectivity index (χ4v) is 0. The summed E-state index contributed by atoms with van der Waals surface area (Å²) in [6.07, 6.45) is -4.42. The molecule has 6 nitrogen and oxygen atoms in total. The molecule has 0 bridgehead atoms. The maximum Gasteiger partial charge on any atom is 2.00 e. The number of carbonyl (C=O) groups is 2. The molecule has 0 aromatic heterocycles. The second-order valence-corrected chi connectivity index (χ2v) is 0.516. The summed E-state index contributed by atoms with van der Waals surface area (Å²) in [5, 5.41) is 32.0. The third-order valence-electron chi connectivity index (χ3n) is 0. The van der Waals surface area contributed by atoms with Crippen molar-refractivity contribution >= 4 is 50.0 Å². The predicted molar refractivity (Wildman–Crippen MR) is 19.2 cm³/mol. The van der Waals surface area contributed by atoms with Gasteiger partial charge in [0.05, 0.1) is 0 Å². The van der Waals surface area contributed by atoms with Gasteiger partial charge >= 0.3 is 96.9 Å². The first-order valence-electron chi connectivity index (χ1n) is 1.24. The van der Waals surface area contributed by atoms with Crippen LogP contribution in [0.25, 0.3) is 0 Å². The molecule has 0 saturated carbocycles. The van der Waals surface area contributed by atoms with Crippen molar-refractivity contribution in [2.75, 3.05) is 0 Å². The van der Waals surface area contributed by atoms with E-state index in [9.17, 15) is 0 Å². The van der Waals surface area contributed by atoms with Crippen LogP contribution in [0.5, 0.6) is 0 Å². The Morgan fingerprint density at radius 1 is 1.00 bits per heavy atom. The fourth-order valence-electron chi connectivity index (χ4n) is 0. The van der Waals surface area contributed by atoms with Crippen molar-refractivity contribution in [3.8, 4) is 0 Å². The Morgan fingerprint density at radius 2 is 1.00 bits per heavy atom. The van der Waals surface area contributed by atoms with Gasteiger partial charge in [0, 0.05) is 0 Å². The van der Waals surface area contributed by atoms with E-state index >= 15 is 0 Å². The van der Waals surface area contributed by atoms with Crippen molar-refractivity contribution in [2.45, 2.75) is 0 Å². The molecular formula is C2HCaClNa2O6. The molecule has 56 valence electrons. The maximum absolute atomic E-state index is 8.44. The molecular weight excluding hydrogens is 242 g/mol. The third kappa shape index (κ3) is 340. The standard InChI is InChI=1S/2CH2O3.Ca.ClH.2Na/c2*2-1(3)4;;;;/h2*(H2,2,3,4);;1H;;/q;;+2;;2*+1/p-4. The molecule has 0 aromatic carbocycles. The molecule has 0 aliphatic heterocycles. The van der Waals surface area contributed by atoms with Gasteiger partial charge < -0.3 is 42.4 Å². The second kappa shape index (κ2) is 29.2. The zero-order chi connectivity index (χ0) is 7.15. The quantitative estimate of drug-likeness (QED) is 0.421. The van der Waals surface area contributed by atoms with E-state index in [0.717, 1.165) is 0 Å². The van der Waals surface area contributed by atoms with Gasteiger partial charge in [-0.25, -0.2) is 0 Å². The zero-order valence-electron chi connectivity index (χ0n) is 6.57. The van der Waals surface area contributed by atoms with Crippen molar-refractivity contribution in [3.63, 3.8) is 0 Å². The van der Waals surface area contributed by atoms with Crippen molar-refractivity contribution in [1.29, 1.82) is 0 Å². The molecule has 0 fully saturated rings. The summed E-state index contributed by atoms with van der Waals surface area (Å²) in [6.45, 7) is 0. The number of rotatable bonds is 0. The van der Waals surface area contributed by atoms with Crippen molar-refractivity contribution < 1.29 is 102 Å². The number of carbonyl (C=O) groups excluding carboxylic acids is 1. The Balaban J connectivity index is -0.0000000112. The minimum atomic E-state index is -2.33. The first kappa shape index (κ1) is 36.9. The van der Waals surface area contributed by atoms with Crippen molar-refractivity contribution in [3.05, 3.63) is 0 Å². The van der Waals surface area contributed by atoms with Crippen LogP contribution in [0.15, 0.2) is 0 Å². The molecule has 0 radical (unpaired) electrons. The largest absolute Gasteiger partial charge is 2.00 e. The Labute approximate surface area is 149 Å². The van der Waals surface area contributed by atoms with Crippen LogP contribution in [-0.4, -0.2) is 55.2 Å². The van der Waals surface area contributed by atoms with Crippen LogP contribution in [0.2, 0.25) is 0 Å². The van der Waals surface area contributed by atoms with Gasteiger partial charge in [-0.05, 0) is 6.16 Å². The van der Waals surface area contributed by atoms with E-state index in [0.29, 0.717) is 0 Å². The molecule has 0 rings (SSSR count). The Bertz CT molecular complexity index is 81.5. The van der Waals surface area contributed by atoms with Crippen LogP contribution >= 0.6 is 0 Å². The van der Waals surface area contributed by atoms with Gasteiger partial charge in [0.2, 0.25) is 6.16 Å². The molecule has 0 unspecified atom stereocenters. The number of halogens is 1. The number of hydrogen-bond acceptors (Lipinski definition) is 5. The molecule has 0 atom stereocenters. The molecule has 0 amide bonds. The van der Waals surface area contributed by atoms with Gasteiger partial charge in [-0.3, -0.25) is 0 Å². The Hall–Kier alpha value is 2.09. The van der Waals surface area contributed by atoms with Gasteiger partial charge in [0.15, 0.2) is 0 Å². The first-order chi connectivity index (χ1) is 3.46. The second-order valence-electron chi connectivity index (χ2n) is 0.516. The van der Waals surface area contributed by atoms with Gasteiger partial charge in [-0.2, -0.15) is 0 Å². The maximum atomic E-state index is 8.44. The van der Waals surface area contributed by atoms with Gasteiger partial charge in [-0.15, -0.1) is 0 Å². The molecule has 0 aromatic rings. The fraction of sp³-hybridized carbons (Fsp3) is 0. The van der Waals surface area contributed by atoms with Crippen LogP contribution in [0.3, 0.4) is 0 Å². The van der Waals surface area contributed by atoms with E-state index in [1.54, 1.807) is 0 Å². The van der Waals surface area contributed by atoms with Gasteiger partial charge in [-0.1, -0.05) is 0 Å². The van der Waals surface area contributed by atoms with E-state index in [4.69, 9.17) is 30.0 Å². The third-order valence-corrected chi connectivity index (χ3v) is 0. The van der Waals surface area contributed by atoms with Gasteiger partial charge in [0.1, 0.15) is 0 Å². The SMILES string of the molecule is O=C([O-])O.O=C([O-])[O-].[Ca+2].[Cl-].[Na+].[Na+]. The monoisotopic (exact) mass is 242 g/mol. The van der Waals surface area contributed by atoms with Crippen LogP contribution in [0.1, 0.15) is 0 Å². The Morgan fingerprint density at radius 3 is 1.00 bits per heavy atom. The van der Waals surface area contributed by atoms with Crippen LogP contribution in [0.4, 0.5) is 9.59 Å². The molecule has 0 spiro atoms. The normalized spacial score (nSPS) is 4.00. The predicted octanol–water partition coefficient (Wildman–Crippen LogP) is -12.9. The summed E-state index contributed by atoms with van der Waals surface area (Å²) in [5.41, 5.74) is 0.